The number of hydrogen-bond acceptors (Lipinski definition) is 3. The summed E-state index contributed by atoms with van der Waals surface area (Å²) in [5.41, 5.74) is 4.57. The van der Waals surface area contributed by atoms with Crippen molar-refractivity contribution in [2.24, 2.45) is 0 Å². The predicted octanol–water partition coefficient (Wildman–Crippen LogP) is 1.78. The number of pyridine rings is 2. The van der Waals surface area contributed by atoms with Gasteiger partial charge in [0.15, 0.2) is 0 Å². The van der Waals surface area contributed by atoms with Gasteiger partial charge in [0.05, 0.1) is 5.69 Å². The molecule has 4 heteroatoms. The Morgan fingerprint density at radius 2 is 2.39 bits per heavy atom. The fourth-order valence-electron chi connectivity index (χ4n) is 2.59. The normalized spacial score (nSPS) is 11.8. The lowest BCUT2D eigenvalue weighted by molar-refractivity contribution is 1.03. The quantitative estimate of drug-likeness (QED) is 0.701. The summed E-state index contributed by atoms with van der Waals surface area (Å²) in [4.78, 5) is 19.0. The minimum absolute atomic E-state index is 0.217. The third kappa shape index (κ3) is 1.31. The molecule has 0 unspecified atom stereocenters. The maximum Gasteiger partial charge on any atom is 0.266 e. The highest BCUT2D eigenvalue weighted by Crippen LogP contribution is 2.36. The highest BCUT2D eigenvalue weighted by Gasteiger charge is 2.25. The number of nitrogens with zero attached hydrogens (tertiary/aromatic N) is 2. The van der Waals surface area contributed by atoms with Crippen molar-refractivity contribution in [3.8, 4) is 17.3 Å². The summed E-state index contributed by atoms with van der Waals surface area (Å²) in [6.07, 6.45) is 3.09. The van der Waals surface area contributed by atoms with Crippen LogP contribution < -0.4 is 5.56 Å². The number of aromatic nitrogens is 2. The summed E-state index contributed by atoms with van der Waals surface area (Å²) in [5.74, 6) is 0. The van der Waals surface area contributed by atoms with Crippen LogP contribution in [0.2, 0.25) is 0 Å². The number of rotatable bonds is 1. The van der Waals surface area contributed by atoms with E-state index in [1.54, 1.807) is 6.20 Å². The second-order valence-electron chi connectivity index (χ2n) is 4.31. The van der Waals surface area contributed by atoms with Crippen LogP contribution >= 0.6 is 0 Å². The van der Waals surface area contributed by atoms with Gasteiger partial charge >= 0.3 is 0 Å². The summed E-state index contributed by atoms with van der Waals surface area (Å²) < 4.78 is 0. The van der Waals surface area contributed by atoms with Crippen LogP contribution in [0.4, 0.5) is 0 Å². The standard InChI is InChI=1S/C14H11N3O/c1-2-9-10(7-15)14(18)17-11-6-8-4-3-5-16-13(8)12(9)11/h3-5H,2,6H2,1H3,(H,17,18). The van der Waals surface area contributed by atoms with Gasteiger partial charge in [0, 0.05) is 23.9 Å². The molecular weight excluding hydrogens is 226 g/mol. The molecule has 0 radical (unpaired) electrons. The second kappa shape index (κ2) is 3.81. The fourth-order valence-corrected chi connectivity index (χ4v) is 2.59. The number of fused-ring (bicyclic) bond motifs is 3. The van der Waals surface area contributed by atoms with Crippen LogP contribution in [0.15, 0.2) is 23.1 Å². The molecule has 1 N–H and O–H groups in total. The van der Waals surface area contributed by atoms with Gasteiger partial charge in [-0.25, -0.2) is 0 Å². The number of H-pyrrole nitrogens is 1. The maximum atomic E-state index is 11.8. The Balaban J connectivity index is 2.41. The average Bonchev–Trinajstić information content (AvgIpc) is 2.74. The molecule has 1 aliphatic rings. The van der Waals surface area contributed by atoms with Crippen LogP contribution in [0.1, 0.15) is 29.3 Å². The van der Waals surface area contributed by atoms with E-state index in [0.717, 1.165) is 28.1 Å². The molecule has 2 heterocycles. The third-order valence-corrected chi connectivity index (χ3v) is 3.36. The molecular formula is C14H11N3O. The topological polar surface area (TPSA) is 69.5 Å². The third-order valence-electron chi connectivity index (χ3n) is 3.36. The van der Waals surface area contributed by atoms with E-state index in [0.29, 0.717) is 12.8 Å². The largest absolute Gasteiger partial charge is 0.324 e. The van der Waals surface area contributed by atoms with Crippen LogP contribution in [0.25, 0.3) is 11.3 Å². The van der Waals surface area contributed by atoms with Crippen molar-refractivity contribution in [3.63, 3.8) is 0 Å². The molecule has 1 aliphatic carbocycles. The minimum Gasteiger partial charge on any atom is -0.324 e. The van der Waals surface area contributed by atoms with E-state index in [1.807, 2.05) is 25.1 Å². The van der Waals surface area contributed by atoms with Gasteiger partial charge in [-0.1, -0.05) is 13.0 Å². The van der Waals surface area contributed by atoms with Gasteiger partial charge in [0.25, 0.3) is 5.56 Å². The van der Waals surface area contributed by atoms with Crippen LogP contribution in [0, 0.1) is 11.3 Å². The van der Waals surface area contributed by atoms with Crippen molar-refractivity contribution in [1.29, 1.82) is 5.26 Å². The van der Waals surface area contributed by atoms with E-state index in [1.165, 1.54) is 0 Å². The zero-order chi connectivity index (χ0) is 12.7. The Morgan fingerprint density at radius 3 is 3.11 bits per heavy atom. The molecule has 18 heavy (non-hydrogen) atoms. The SMILES string of the molecule is CCc1c2c([nH]c(=O)c1C#N)Cc1cccnc1-2. The van der Waals surface area contributed by atoms with Gasteiger partial charge in [0.2, 0.25) is 0 Å². The molecule has 0 bridgehead atoms. The average molecular weight is 237 g/mol. The Morgan fingerprint density at radius 1 is 1.56 bits per heavy atom. The molecule has 0 aromatic carbocycles. The zero-order valence-electron chi connectivity index (χ0n) is 9.95. The van der Waals surface area contributed by atoms with Crippen molar-refractivity contribution in [1.82, 2.24) is 9.97 Å². The number of aromatic amines is 1. The van der Waals surface area contributed by atoms with Crippen LogP contribution in [-0.4, -0.2) is 9.97 Å². The van der Waals surface area contributed by atoms with Crippen molar-refractivity contribution in [2.45, 2.75) is 19.8 Å². The van der Waals surface area contributed by atoms with E-state index in [9.17, 15) is 4.79 Å². The molecule has 4 nitrogen and oxygen atoms in total. The van der Waals surface area contributed by atoms with Crippen LogP contribution in [0.3, 0.4) is 0 Å². The number of hydrogen-bond donors (Lipinski definition) is 1. The van der Waals surface area contributed by atoms with Gasteiger partial charge in [-0.05, 0) is 23.6 Å². The molecule has 0 atom stereocenters. The highest BCUT2D eigenvalue weighted by atomic mass is 16.1. The minimum atomic E-state index is -0.291. The van der Waals surface area contributed by atoms with Crippen molar-refractivity contribution in [2.75, 3.05) is 0 Å². The smallest absolute Gasteiger partial charge is 0.266 e. The predicted molar refractivity (Wildman–Crippen MR) is 67.2 cm³/mol. The summed E-state index contributed by atoms with van der Waals surface area (Å²) >= 11 is 0. The summed E-state index contributed by atoms with van der Waals surface area (Å²) in [6, 6.07) is 5.90. The zero-order valence-corrected chi connectivity index (χ0v) is 9.95. The maximum absolute atomic E-state index is 11.8. The lowest BCUT2D eigenvalue weighted by Crippen LogP contribution is -2.16. The second-order valence-corrected chi connectivity index (χ2v) is 4.31. The summed E-state index contributed by atoms with van der Waals surface area (Å²) in [7, 11) is 0. The van der Waals surface area contributed by atoms with Gasteiger partial charge in [-0.2, -0.15) is 5.26 Å². The molecule has 2 aromatic rings. The lowest BCUT2D eigenvalue weighted by Gasteiger charge is -2.08. The van der Waals surface area contributed by atoms with Gasteiger partial charge < -0.3 is 4.98 Å². The van der Waals surface area contributed by atoms with Crippen molar-refractivity contribution < 1.29 is 0 Å². The van der Waals surface area contributed by atoms with E-state index in [4.69, 9.17) is 5.26 Å². The summed E-state index contributed by atoms with van der Waals surface area (Å²) in [5, 5.41) is 9.12. The molecule has 0 saturated carbocycles. The summed E-state index contributed by atoms with van der Waals surface area (Å²) in [6.45, 7) is 1.96. The van der Waals surface area contributed by atoms with E-state index < -0.39 is 0 Å². The molecule has 88 valence electrons. The first kappa shape index (κ1) is 10.7. The molecule has 0 aliphatic heterocycles. The number of nitrogens with one attached hydrogen (secondary N) is 1. The Bertz CT molecular complexity index is 738. The van der Waals surface area contributed by atoms with Crippen LogP contribution in [-0.2, 0) is 12.8 Å². The van der Waals surface area contributed by atoms with Gasteiger partial charge in [-0.15, -0.1) is 0 Å². The molecule has 0 amide bonds. The van der Waals surface area contributed by atoms with Crippen LogP contribution in [0.5, 0.6) is 0 Å². The van der Waals surface area contributed by atoms with Crippen molar-refractivity contribution >= 4 is 0 Å². The Hall–Kier alpha value is -2.41. The molecule has 0 spiro atoms. The Labute approximate surface area is 104 Å². The highest BCUT2D eigenvalue weighted by molar-refractivity contribution is 5.76. The van der Waals surface area contributed by atoms with Crippen molar-refractivity contribution in [3.05, 3.63) is 51.1 Å². The lowest BCUT2D eigenvalue weighted by atomic mass is 9.99. The van der Waals surface area contributed by atoms with E-state index in [2.05, 4.69) is 9.97 Å². The molecule has 0 saturated heterocycles. The first-order valence-electron chi connectivity index (χ1n) is 5.88. The van der Waals surface area contributed by atoms with E-state index in [-0.39, 0.29) is 11.1 Å². The van der Waals surface area contributed by atoms with Gasteiger partial charge in [-0.3, -0.25) is 9.78 Å². The fraction of sp³-hybridized carbons (Fsp3) is 0.214. The first-order valence-corrected chi connectivity index (χ1v) is 5.88. The monoisotopic (exact) mass is 237 g/mol. The molecule has 3 rings (SSSR count). The molecule has 2 aromatic heterocycles. The molecule has 0 fully saturated rings. The van der Waals surface area contributed by atoms with E-state index >= 15 is 0 Å². The first-order chi connectivity index (χ1) is 8.76. The Kier molecular flexibility index (Phi) is 2.27. The van der Waals surface area contributed by atoms with Gasteiger partial charge in [0.1, 0.15) is 11.6 Å². The number of nitriles is 1.